The van der Waals surface area contributed by atoms with Crippen molar-refractivity contribution >= 4 is 51.8 Å². The third-order valence-corrected chi connectivity index (χ3v) is 7.93. The van der Waals surface area contributed by atoms with E-state index in [4.69, 9.17) is 10.7 Å². The molecule has 10 nitrogen and oxygen atoms in total. The highest BCUT2D eigenvalue weighted by Gasteiger charge is 2.33. The number of unbranched alkanes of at least 4 members (excludes halogenated alkanes) is 4. The molecule has 0 spiro atoms. The zero-order chi connectivity index (χ0) is 30.7. The maximum Gasteiger partial charge on any atom is 0.269 e. The number of benzene rings is 3. The Hall–Kier alpha value is -4.86. The number of hydrogen-bond donors (Lipinski definition) is 3. The van der Waals surface area contributed by atoms with Gasteiger partial charge in [0.1, 0.15) is 6.29 Å². The summed E-state index contributed by atoms with van der Waals surface area (Å²) in [6.07, 6.45) is 7.83. The van der Waals surface area contributed by atoms with Gasteiger partial charge in [0.2, 0.25) is 6.41 Å². The minimum Gasteiger partial charge on any atom is -0.398 e. The SMILES string of the molecule is Nc1ccc(C(C=O)(CCCCCCNC(=O)c2ccc([N+](=O)[O-])cc2)CCCCNC=O)c2nc3ccccc3cc12. The fourth-order valence-corrected chi connectivity index (χ4v) is 5.54. The second-order valence-electron chi connectivity index (χ2n) is 10.8. The highest BCUT2D eigenvalue weighted by atomic mass is 16.6. The Morgan fingerprint density at radius 2 is 1.60 bits per heavy atom. The third-order valence-electron chi connectivity index (χ3n) is 7.93. The summed E-state index contributed by atoms with van der Waals surface area (Å²) in [5.74, 6) is -0.269. The number of hydrogen-bond acceptors (Lipinski definition) is 7. The average Bonchev–Trinajstić information content (AvgIpc) is 3.03. The number of nitrogens with two attached hydrogens (primary N) is 1. The lowest BCUT2D eigenvalue weighted by Gasteiger charge is -2.30. The van der Waals surface area contributed by atoms with Crippen molar-refractivity contribution in [3.05, 3.63) is 88.0 Å². The predicted molar refractivity (Wildman–Crippen MR) is 168 cm³/mol. The number of non-ortho nitro benzene ring substituents is 1. The maximum atomic E-state index is 13.0. The van der Waals surface area contributed by atoms with Crippen molar-refractivity contribution in [3.8, 4) is 0 Å². The van der Waals surface area contributed by atoms with E-state index in [0.29, 0.717) is 43.6 Å². The number of rotatable bonds is 17. The maximum absolute atomic E-state index is 13.0. The molecule has 0 aliphatic heterocycles. The molecule has 0 saturated carbocycles. The number of carbonyl (C=O) groups excluding carboxylic acids is 3. The molecule has 0 fully saturated rings. The van der Waals surface area contributed by atoms with Crippen LogP contribution in [0.5, 0.6) is 0 Å². The fraction of sp³-hybridized carbons (Fsp3) is 0.333. The van der Waals surface area contributed by atoms with Crippen molar-refractivity contribution < 1.29 is 19.3 Å². The lowest BCUT2D eigenvalue weighted by atomic mass is 9.72. The van der Waals surface area contributed by atoms with Crippen molar-refractivity contribution in [1.82, 2.24) is 15.6 Å². The molecule has 2 amide bonds. The van der Waals surface area contributed by atoms with E-state index in [1.165, 1.54) is 24.3 Å². The summed E-state index contributed by atoms with van der Waals surface area (Å²) in [5.41, 5.74) is 9.00. The minimum absolute atomic E-state index is 0.0586. The lowest BCUT2D eigenvalue weighted by Crippen LogP contribution is -2.29. The van der Waals surface area contributed by atoms with Crippen LogP contribution in [0.25, 0.3) is 21.8 Å². The van der Waals surface area contributed by atoms with Gasteiger partial charge in [-0.2, -0.15) is 0 Å². The monoisotopic (exact) mass is 583 g/mol. The smallest absolute Gasteiger partial charge is 0.269 e. The molecule has 4 rings (SSSR count). The quantitative estimate of drug-likeness (QED) is 0.0364. The largest absolute Gasteiger partial charge is 0.398 e. The average molecular weight is 584 g/mol. The number of fused-ring (bicyclic) bond motifs is 2. The number of aromatic nitrogens is 1. The summed E-state index contributed by atoms with van der Waals surface area (Å²) in [6.45, 7) is 1.04. The zero-order valence-electron chi connectivity index (χ0n) is 24.1. The molecule has 0 radical (unpaired) electrons. The zero-order valence-corrected chi connectivity index (χ0v) is 24.1. The predicted octanol–water partition coefficient (Wildman–Crippen LogP) is 5.61. The highest BCUT2D eigenvalue weighted by molar-refractivity contribution is 6.01. The Kier molecular flexibility index (Phi) is 10.7. The molecule has 224 valence electrons. The summed E-state index contributed by atoms with van der Waals surface area (Å²) >= 11 is 0. The molecular weight excluding hydrogens is 546 g/mol. The van der Waals surface area contributed by atoms with Crippen molar-refractivity contribution in [3.63, 3.8) is 0 Å². The van der Waals surface area contributed by atoms with Crippen LogP contribution < -0.4 is 16.4 Å². The molecule has 0 aliphatic carbocycles. The summed E-state index contributed by atoms with van der Waals surface area (Å²) in [7, 11) is 0. The molecule has 4 N–H and O–H groups in total. The number of nitro benzene ring substituents is 1. The number of carbonyl (C=O) groups is 3. The van der Waals surface area contributed by atoms with E-state index >= 15 is 0 Å². The van der Waals surface area contributed by atoms with E-state index in [9.17, 15) is 24.5 Å². The summed E-state index contributed by atoms with van der Waals surface area (Å²) < 4.78 is 0. The first kappa shape index (κ1) is 31.1. The standard InChI is InChI=1S/C33H37N5O5/c34-29-16-15-28(31-27(29)21-25-9-3-4-10-30(25)37-31)33(22-39,18-6-8-19-35-23-40)17-5-1-2-7-20-36-32(41)24-11-13-26(14-12-24)38(42)43/h3-4,9-16,21-23H,1-2,5-8,17-20,34H2,(H,35,40)(H,36,41). The topological polar surface area (TPSA) is 157 Å². The summed E-state index contributed by atoms with van der Waals surface area (Å²) in [5, 5.41) is 18.2. The second kappa shape index (κ2) is 14.9. The van der Waals surface area contributed by atoms with Gasteiger partial charge in [0, 0.05) is 47.2 Å². The van der Waals surface area contributed by atoms with Gasteiger partial charge in [-0.3, -0.25) is 19.7 Å². The first-order chi connectivity index (χ1) is 20.9. The van der Waals surface area contributed by atoms with E-state index in [1.54, 1.807) is 0 Å². The van der Waals surface area contributed by atoms with Crippen molar-refractivity contribution in [1.29, 1.82) is 0 Å². The number of anilines is 1. The van der Waals surface area contributed by atoms with Gasteiger partial charge in [0.25, 0.3) is 11.6 Å². The van der Waals surface area contributed by atoms with E-state index < -0.39 is 10.3 Å². The van der Waals surface area contributed by atoms with Gasteiger partial charge in [0.15, 0.2) is 0 Å². The number of aldehydes is 1. The molecule has 0 bridgehead atoms. The molecule has 1 atom stereocenters. The molecule has 0 saturated heterocycles. The molecule has 0 aliphatic rings. The Balaban J connectivity index is 1.42. The second-order valence-corrected chi connectivity index (χ2v) is 10.8. The van der Waals surface area contributed by atoms with Crippen LogP contribution >= 0.6 is 0 Å². The molecule has 1 unspecified atom stereocenters. The van der Waals surface area contributed by atoms with Gasteiger partial charge >= 0.3 is 0 Å². The van der Waals surface area contributed by atoms with Crippen LogP contribution in [0.1, 0.15) is 67.3 Å². The fourth-order valence-electron chi connectivity index (χ4n) is 5.54. The molecule has 4 aromatic rings. The number of para-hydroxylation sites is 1. The van der Waals surface area contributed by atoms with E-state index in [2.05, 4.69) is 10.6 Å². The van der Waals surface area contributed by atoms with Gasteiger partial charge in [-0.15, -0.1) is 0 Å². The highest BCUT2D eigenvalue weighted by Crippen LogP contribution is 2.39. The molecule has 1 aromatic heterocycles. The van der Waals surface area contributed by atoms with Crippen LogP contribution in [0.2, 0.25) is 0 Å². The molecule has 10 heteroatoms. The van der Waals surface area contributed by atoms with Crippen molar-refractivity contribution in [2.45, 2.75) is 56.8 Å². The molecule has 43 heavy (non-hydrogen) atoms. The Bertz CT molecular complexity index is 1590. The lowest BCUT2D eigenvalue weighted by molar-refractivity contribution is -0.384. The Labute approximate surface area is 250 Å². The van der Waals surface area contributed by atoms with Gasteiger partial charge < -0.3 is 21.2 Å². The van der Waals surface area contributed by atoms with E-state index in [-0.39, 0.29) is 11.6 Å². The number of pyridine rings is 1. The van der Waals surface area contributed by atoms with Gasteiger partial charge in [-0.1, -0.05) is 49.9 Å². The van der Waals surface area contributed by atoms with Crippen LogP contribution in [0, 0.1) is 10.1 Å². The normalized spacial score (nSPS) is 12.5. The number of nitrogen functional groups attached to an aromatic ring is 1. The van der Waals surface area contributed by atoms with E-state index in [1.807, 2.05) is 42.5 Å². The number of nitrogens with zero attached hydrogens (tertiary/aromatic N) is 2. The minimum atomic E-state index is -0.757. The van der Waals surface area contributed by atoms with Crippen LogP contribution in [-0.4, -0.2) is 41.6 Å². The van der Waals surface area contributed by atoms with E-state index in [0.717, 1.165) is 72.2 Å². The van der Waals surface area contributed by atoms with Crippen LogP contribution in [0.4, 0.5) is 11.4 Å². The number of nitro groups is 1. The Morgan fingerprint density at radius 1 is 0.907 bits per heavy atom. The first-order valence-electron chi connectivity index (χ1n) is 14.6. The van der Waals surface area contributed by atoms with Gasteiger partial charge in [-0.25, -0.2) is 4.98 Å². The summed E-state index contributed by atoms with van der Waals surface area (Å²) in [6, 6.07) is 19.2. The molecule has 3 aromatic carbocycles. The van der Waals surface area contributed by atoms with Crippen LogP contribution in [-0.2, 0) is 15.0 Å². The number of amides is 2. The third kappa shape index (κ3) is 7.71. The summed E-state index contributed by atoms with van der Waals surface area (Å²) in [4.78, 5) is 51.3. The first-order valence-corrected chi connectivity index (χ1v) is 14.6. The van der Waals surface area contributed by atoms with Crippen LogP contribution in [0.15, 0.2) is 66.7 Å². The Morgan fingerprint density at radius 3 is 2.33 bits per heavy atom. The van der Waals surface area contributed by atoms with Gasteiger partial charge in [-0.05, 0) is 61.6 Å². The number of nitrogens with one attached hydrogen (secondary N) is 2. The van der Waals surface area contributed by atoms with Crippen molar-refractivity contribution in [2.75, 3.05) is 18.8 Å². The van der Waals surface area contributed by atoms with Crippen LogP contribution in [0.3, 0.4) is 0 Å². The van der Waals surface area contributed by atoms with Gasteiger partial charge in [0.05, 0.1) is 21.4 Å². The molecule has 1 heterocycles. The van der Waals surface area contributed by atoms with Crippen molar-refractivity contribution in [2.24, 2.45) is 0 Å². The molecular formula is C33H37N5O5.